The molecule has 9 nitrogen and oxygen atoms in total. The highest BCUT2D eigenvalue weighted by atomic mass is 32.2. The second-order valence-electron chi connectivity index (χ2n) is 7.91. The molecule has 3 heterocycles. The molecule has 0 bridgehead atoms. The van der Waals surface area contributed by atoms with Gasteiger partial charge in [-0.1, -0.05) is 13.3 Å². The number of aromatic amines is 1. The van der Waals surface area contributed by atoms with E-state index >= 15 is 0 Å². The minimum Gasteiger partial charge on any atom is -0.378 e. The topological polar surface area (TPSA) is 131 Å². The largest absolute Gasteiger partial charge is 0.378 e. The fourth-order valence-electron chi connectivity index (χ4n) is 3.90. The summed E-state index contributed by atoms with van der Waals surface area (Å²) in [6, 6.07) is 9.45. The summed E-state index contributed by atoms with van der Waals surface area (Å²) in [5, 5.41) is -0.220. The number of nitrogens with zero attached hydrogens (tertiary/aromatic N) is 3. The van der Waals surface area contributed by atoms with Crippen LogP contribution in [0.4, 0.5) is 5.82 Å². The molecule has 1 amide bonds. The molecule has 1 saturated heterocycles. The maximum atomic E-state index is 13.0. The number of hydrogen-bond donors (Lipinski definition) is 2. The molecule has 3 N–H and O–H groups in total. The monoisotopic (exact) mass is 457 g/mol. The predicted molar refractivity (Wildman–Crippen MR) is 123 cm³/mol. The van der Waals surface area contributed by atoms with Gasteiger partial charge in [0.2, 0.25) is 5.91 Å². The van der Waals surface area contributed by atoms with Gasteiger partial charge in [-0.05, 0) is 30.7 Å². The summed E-state index contributed by atoms with van der Waals surface area (Å²) in [5.41, 5.74) is 7.51. The highest BCUT2D eigenvalue weighted by Crippen LogP contribution is 2.26. The number of rotatable bonds is 8. The maximum absolute atomic E-state index is 13.0. The first-order valence-electron chi connectivity index (χ1n) is 10.7. The molecule has 1 unspecified atom stereocenters. The number of nitrogens with one attached hydrogen (secondary N) is 1. The van der Waals surface area contributed by atoms with Crippen molar-refractivity contribution in [3.05, 3.63) is 42.2 Å². The Balaban J connectivity index is 1.75. The van der Waals surface area contributed by atoms with Crippen molar-refractivity contribution in [2.24, 2.45) is 5.73 Å². The summed E-state index contributed by atoms with van der Waals surface area (Å²) >= 11 is 0. The van der Waals surface area contributed by atoms with Gasteiger partial charge >= 0.3 is 0 Å². The molecule has 0 radical (unpaired) electrons. The van der Waals surface area contributed by atoms with Gasteiger partial charge < -0.3 is 20.4 Å². The molecule has 1 aromatic carbocycles. The van der Waals surface area contributed by atoms with Crippen LogP contribution in [0.2, 0.25) is 0 Å². The molecule has 0 aliphatic carbocycles. The molecule has 2 aromatic heterocycles. The second-order valence-corrected chi connectivity index (χ2v) is 10.1. The standard InChI is InChI=1S/C22H27N5O4S/c1-2-3-19(21(23)28)32(29,30)14-17-13-20(27-8-10-31-11-9-27)26-22(25-17)16-4-5-18-15(12-16)6-7-24-18/h4-7,12-13,19,24H,2-3,8-11,14H2,1H3,(H2,23,28). The number of sulfone groups is 1. The Labute approximate surface area is 186 Å². The number of anilines is 1. The number of hydrogen-bond acceptors (Lipinski definition) is 7. The summed E-state index contributed by atoms with van der Waals surface area (Å²) in [7, 11) is -3.82. The number of carbonyl (C=O) groups excluding carboxylic acids is 1. The smallest absolute Gasteiger partial charge is 0.235 e. The molecule has 3 aromatic rings. The molecule has 32 heavy (non-hydrogen) atoms. The van der Waals surface area contributed by atoms with Gasteiger partial charge in [-0.25, -0.2) is 18.4 Å². The molecule has 4 rings (SSSR count). The van der Waals surface area contributed by atoms with Crippen LogP contribution in [-0.4, -0.2) is 60.8 Å². The average Bonchev–Trinajstić information content (AvgIpc) is 3.25. The SMILES string of the molecule is CCCC(C(N)=O)S(=O)(=O)Cc1cc(N2CCOCC2)nc(-c2ccc3[nH]ccc3c2)n1. The maximum Gasteiger partial charge on any atom is 0.235 e. The van der Waals surface area contributed by atoms with Gasteiger partial charge in [0.05, 0.1) is 24.7 Å². The Morgan fingerprint density at radius 3 is 2.72 bits per heavy atom. The molecule has 1 atom stereocenters. The van der Waals surface area contributed by atoms with Crippen LogP contribution >= 0.6 is 0 Å². The lowest BCUT2D eigenvalue weighted by atomic mass is 10.1. The summed E-state index contributed by atoms with van der Waals surface area (Å²) in [5.74, 6) is -0.121. The van der Waals surface area contributed by atoms with Gasteiger partial charge in [0.25, 0.3) is 0 Å². The van der Waals surface area contributed by atoms with Crippen LogP contribution < -0.4 is 10.6 Å². The quantitative estimate of drug-likeness (QED) is 0.529. The molecule has 170 valence electrons. The summed E-state index contributed by atoms with van der Waals surface area (Å²) in [4.78, 5) is 26.3. The fraction of sp³-hybridized carbons (Fsp3) is 0.409. The van der Waals surface area contributed by atoms with Crippen LogP contribution in [0, 0.1) is 0 Å². The van der Waals surface area contributed by atoms with Crippen molar-refractivity contribution < 1.29 is 17.9 Å². The zero-order chi connectivity index (χ0) is 22.7. The van der Waals surface area contributed by atoms with E-state index in [1.807, 2.05) is 37.4 Å². The van der Waals surface area contributed by atoms with Gasteiger partial charge in [-0.15, -0.1) is 0 Å². The third-order valence-electron chi connectivity index (χ3n) is 5.56. The molecule has 0 saturated carbocycles. The van der Waals surface area contributed by atoms with Crippen molar-refractivity contribution in [2.45, 2.75) is 30.8 Å². The second kappa shape index (κ2) is 9.25. The van der Waals surface area contributed by atoms with Crippen LogP contribution in [0.25, 0.3) is 22.3 Å². The van der Waals surface area contributed by atoms with Gasteiger partial charge in [0.15, 0.2) is 15.7 Å². The minimum atomic E-state index is -3.82. The van der Waals surface area contributed by atoms with Gasteiger partial charge in [0.1, 0.15) is 11.1 Å². The highest BCUT2D eigenvalue weighted by Gasteiger charge is 2.31. The van der Waals surface area contributed by atoms with E-state index in [2.05, 4.69) is 14.9 Å². The van der Waals surface area contributed by atoms with E-state index < -0.39 is 21.0 Å². The summed E-state index contributed by atoms with van der Waals surface area (Å²) in [6.07, 6.45) is 2.59. The van der Waals surface area contributed by atoms with Gasteiger partial charge in [-0.3, -0.25) is 4.79 Å². The number of nitrogens with two attached hydrogens (primary N) is 1. The number of H-pyrrole nitrogens is 1. The number of carbonyl (C=O) groups is 1. The molecular weight excluding hydrogens is 430 g/mol. The van der Waals surface area contributed by atoms with Crippen molar-refractivity contribution in [1.82, 2.24) is 15.0 Å². The number of benzene rings is 1. The molecule has 10 heteroatoms. The first-order valence-corrected chi connectivity index (χ1v) is 12.4. The van der Waals surface area contributed by atoms with E-state index in [4.69, 9.17) is 15.5 Å². The van der Waals surface area contributed by atoms with E-state index in [0.717, 1.165) is 16.5 Å². The van der Waals surface area contributed by atoms with E-state index in [9.17, 15) is 13.2 Å². The molecule has 1 aliphatic heterocycles. The van der Waals surface area contributed by atoms with E-state index in [1.54, 1.807) is 6.07 Å². The Morgan fingerprint density at radius 1 is 1.22 bits per heavy atom. The third-order valence-corrected chi connectivity index (χ3v) is 7.60. The molecule has 1 fully saturated rings. The minimum absolute atomic E-state index is 0.191. The lowest BCUT2D eigenvalue weighted by molar-refractivity contribution is -0.117. The number of morpholine rings is 1. The predicted octanol–water partition coefficient (Wildman–Crippen LogP) is 2.03. The zero-order valence-corrected chi connectivity index (χ0v) is 18.8. The average molecular weight is 458 g/mol. The van der Waals surface area contributed by atoms with Crippen LogP contribution in [0.1, 0.15) is 25.5 Å². The lowest BCUT2D eigenvalue weighted by Gasteiger charge is -2.28. The number of aromatic nitrogens is 3. The molecule has 0 spiro atoms. The normalized spacial score (nSPS) is 15.7. The lowest BCUT2D eigenvalue weighted by Crippen LogP contribution is -2.37. The Kier molecular flexibility index (Phi) is 6.43. The van der Waals surface area contributed by atoms with Crippen molar-refractivity contribution in [3.8, 4) is 11.4 Å². The third kappa shape index (κ3) is 4.76. The Bertz CT molecular complexity index is 1220. The Hall–Kier alpha value is -2.98. The van der Waals surface area contributed by atoms with E-state index in [-0.39, 0.29) is 12.2 Å². The van der Waals surface area contributed by atoms with Gasteiger partial charge in [0, 0.05) is 41.8 Å². The zero-order valence-electron chi connectivity index (χ0n) is 18.0. The van der Waals surface area contributed by atoms with Crippen LogP contribution in [0.15, 0.2) is 36.5 Å². The summed E-state index contributed by atoms with van der Waals surface area (Å²) in [6.45, 7) is 4.27. The van der Waals surface area contributed by atoms with Crippen LogP contribution in [0.5, 0.6) is 0 Å². The van der Waals surface area contributed by atoms with Crippen molar-refractivity contribution in [1.29, 1.82) is 0 Å². The number of ether oxygens (including phenoxy) is 1. The number of primary amides is 1. The number of amides is 1. The molecular formula is C22H27N5O4S. The first kappa shape index (κ1) is 22.2. The highest BCUT2D eigenvalue weighted by molar-refractivity contribution is 7.92. The first-order chi connectivity index (χ1) is 15.4. The van der Waals surface area contributed by atoms with E-state index in [1.165, 1.54) is 0 Å². The Morgan fingerprint density at radius 2 is 2.00 bits per heavy atom. The van der Waals surface area contributed by atoms with Crippen molar-refractivity contribution in [3.63, 3.8) is 0 Å². The fourth-order valence-corrected chi connectivity index (χ4v) is 5.61. The van der Waals surface area contributed by atoms with Crippen molar-refractivity contribution >= 4 is 32.5 Å². The van der Waals surface area contributed by atoms with Crippen LogP contribution in [0.3, 0.4) is 0 Å². The van der Waals surface area contributed by atoms with E-state index in [0.29, 0.717) is 50.1 Å². The van der Waals surface area contributed by atoms with Crippen LogP contribution in [-0.2, 0) is 25.1 Å². The molecule has 1 aliphatic rings. The van der Waals surface area contributed by atoms with Gasteiger partial charge in [-0.2, -0.15) is 0 Å². The van der Waals surface area contributed by atoms with Crippen molar-refractivity contribution in [2.75, 3.05) is 31.2 Å². The summed E-state index contributed by atoms with van der Waals surface area (Å²) < 4.78 is 31.5. The number of fused-ring (bicyclic) bond motifs is 1.